The quantitative estimate of drug-likeness (QED) is 0.802. The van der Waals surface area contributed by atoms with Crippen LogP contribution in [0.3, 0.4) is 0 Å². The first kappa shape index (κ1) is 13.5. The van der Waals surface area contributed by atoms with E-state index >= 15 is 0 Å². The minimum absolute atomic E-state index is 0.0675. The van der Waals surface area contributed by atoms with Gasteiger partial charge in [0.05, 0.1) is 13.1 Å². The summed E-state index contributed by atoms with van der Waals surface area (Å²) >= 11 is 10.0. The third-order valence-electron chi connectivity index (χ3n) is 1.86. The first-order chi connectivity index (χ1) is 7.06. The maximum Gasteiger partial charge on any atom is 0.255 e. The van der Waals surface area contributed by atoms with Gasteiger partial charge in [0, 0.05) is 19.3 Å². The molecule has 0 N–H and O–H groups in total. The normalized spacial score (nSPS) is 10.4. The largest absolute Gasteiger partial charge is 0.341 e. The zero-order chi connectivity index (χ0) is 11.4. The molecule has 0 aliphatic carbocycles. The number of hydrogen-bond acceptors (Lipinski definition) is 3. The molecule has 0 bridgehead atoms. The fourth-order valence-corrected chi connectivity index (χ4v) is 4.26. The highest BCUT2D eigenvalue weighted by Gasteiger charge is 2.16. The van der Waals surface area contributed by atoms with Crippen LogP contribution in [0.25, 0.3) is 0 Å². The van der Waals surface area contributed by atoms with Gasteiger partial charge in [-0.1, -0.05) is 0 Å². The molecule has 0 saturated carbocycles. The van der Waals surface area contributed by atoms with Gasteiger partial charge in [0.15, 0.2) is 0 Å². The maximum absolute atomic E-state index is 12.0. The Labute approximate surface area is 115 Å². The molecule has 6 heteroatoms. The first-order valence-electron chi connectivity index (χ1n) is 4.25. The van der Waals surface area contributed by atoms with Crippen molar-refractivity contribution in [3.8, 4) is 0 Å². The molecule has 0 atom stereocenters. The molecule has 15 heavy (non-hydrogen) atoms. The molecule has 1 aromatic rings. The Morgan fingerprint density at radius 1 is 1.60 bits per heavy atom. The molecule has 1 heterocycles. The van der Waals surface area contributed by atoms with Crippen LogP contribution in [0.5, 0.6) is 0 Å². The Morgan fingerprint density at radius 2 is 2.27 bits per heavy atom. The Hall–Kier alpha value is 0.480. The average Bonchev–Trinajstić information content (AvgIpc) is 2.53. The number of amides is 1. The predicted octanol–water partition coefficient (Wildman–Crippen LogP) is 3.71. The minimum Gasteiger partial charge on any atom is -0.341 e. The van der Waals surface area contributed by atoms with Gasteiger partial charge < -0.3 is 4.90 Å². The van der Waals surface area contributed by atoms with Crippen LogP contribution in [0.1, 0.15) is 10.4 Å². The summed E-state index contributed by atoms with van der Waals surface area (Å²) in [5, 5.41) is 0. The maximum atomic E-state index is 12.0. The molecule has 2 nitrogen and oxygen atoms in total. The Bertz CT molecular complexity index is 354. The van der Waals surface area contributed by atoms with E-state index in [4.69, 9.17) is 0 Å². The number of hydrogen-bond donors (Lipinski definition) is 0. The van der Waals surface area contributed by atoms with Gasteiger partial charge in [-0.15, -0.1) is 11.3 Å². The molecule has 0 unspecified atom stereocenters. The van der Waals surface area contributed by atoms with Crippen molar-refractivity contribution in [1.29, 1.82) is 0 Å². The second-order valence-electron chi connectivity index (χ2n) is 2.96. The molecule has 0 aliphatic heterocycles. The van der Waals surface area contributed by atoms with Crippen molar-refractivity contribution in [3.63, 3.8) is 0 Å². The third kappa shape index (κ3) is 3.76. The molecule has 1 amide bonds. The van der Waals surface area contributed by atoms with Gasteiger partial charge in [-0.25, -0.2) is 0 Å². The monoisotopic (exact) mass is 371 g/mol. The number of carbonyl (C=O) groups is 1. The summed E-state index contributed by atoms with van der Waals surface area (Å²) in [6.07, 6.45) is 2.04. The van der Waals surface area contributed by atoms with Crippen molar-refractivity contribution in [2.75, 3.05) is 25.6 Å². The van der Waals surface area contributed by atoms with Crippen molar-refractivity contribution < 1.29 is 4.79 Å². The number of halogens is 2. The van der Waals surface area contributed by atoms with E-state index in [1.54, 1.807) is 16.7 Å². The van der Waals surface area contributed by atoms with E-state index in [0.717, 1.165) is 25.4 Å². The van der Waals surface area contributed by atoms with Crippen LogP contribution < -0.4 is 0 Å². The highest BCUT2D eigenvalue weighted by Crippen LogP contribution is 2.32. The lowest BCUT2D eigenvalue weighted by atomic mass is 10.3. The third-order valence-corrected chi connectivity index (χ3v) is 4.79. The van der Waals surface area contributed by atoms with Gasteiger partial charge in [0.25, 0.3) is 5.91 Å². The number of nitrogens with zero attached hydrogens (tertiary/aromatic N) is 1. The molecule has 0 saturated heterocycles. The van der Waals surface area contributed by atoms with Crippen LogP contribution >= 0.6 is 55.0 Å². The van der Waals surface area contributed by atoms with E-state index in [1.807, 2.05) is 19.4 Å². The molecule has 0 aliphatic rings. The summed E-state index contributed by atoms with van der Waals surface area (Å²) in [6, 6.07) is 1.85. The smallest absolute Gasteiger partial charge is 0.255 e. The van der Waals surface area contributed by atoms with Crippen LogP contribution in [0.2, 0.25) is 0 Å². The van der Waals surface area contributed by atoms with Gasteiger partial charge in [-0.3, -0.25) is 4.79 Å². The standard InChI is InChI=1S/C9H11Br2NOS2/c1-12(3-4-14-2)9(13)6-5-7(10)15-8(6)11/h5H,3-4H2,1-2H3. The van der Waals surface area contributed by atoms with Gasteiger partial charge in [0.1, 0.15) is 0 Å². The van der Waals surface area contributed by atoms with E-state index in [1.165, 1.54) is 11.3 Å². The molecule has 84 valence electrons. The Morgan fingerprint density at radius 3 is 2.73 bits per heavy atom. The van der Waals surface area contributed by atoms with Crippen LogP contribution in [0, 0.1) is 0 Å². The first-order valence-corrected chi connectivity index (χ1v) is 8.05. The van der Waals surface area contributed by atoms with E-state index in [-0.39, 0.29) is 5.91 Å². The Kier molecular flexibility index (Phi) is 5.66. The number of carbonyl (C=O) groups excluding carboxylic acids is 1. The van der Waals surface area contributed by atoms with Crippen molar-refractivity contribution in [1.82, 2.24) is 4.90 Å². The van der Waals surface area contributed by atoms with Crippen molar-refractivity contribution in [3.05, 3.63) is 19.2 Å². The summed E-state index contributed by atoms with van der Waals surface area (Å²) in [6.45, 7) is 0.778. The molecule has 0 spiro atoms. The minimum atomic E-state index is 0.0675. The summed E-state index contributed by atoms with van der Waals surface area (Å²) in [5.74, 6) is 1.03. The van der Waals surface area contributed by atoms with E-state index in [0.29, 0.717) is 0 Å². The molecule has 0 aromatic carbocycles. The SMILES string of the molecule is CSCCN(C)C(=O)c1cc(Br)sc1Br. The van der Waals surface area contributed by atoms with Gasteiger partial charge in [-0.05, 0) is 44.2 Å². The zero-order valence-corrected chi connectivity index (χ0v) is 13.2. The van der Waals surface area contributed by atoms with Crippen LogP contribution in [-0.4, -0.2) is 36.4 Å². The molecule has 1 rings (SSSR count). The summed E-state index contributed by atoms with van der Waals surface area (Å²) < 4.78 is 1.85. The second-order valence-corrected chi connectivity index (χ2v) is 7.69. The summed E-state index contributed by atoms with van der Waals surface area (Å²) in [7, 11) is 1.83. The van der Waals surface area contributed by atoms with Crippen LogP contribution in [0.4, 0.5) is 0 Å². The van der Waals surface area contributed by atoms with E-state index in [2.05, 4.69) is 31.9 Å². The fourth-order valence-electron chi connectivity index (χ4n) is 1.02. The summed E-state index contributed by atoms with van der Waals surface area (Å²) in [4.78, 5) is 13.7. The van der Waals surface area contributed by atoms with Crippen molar-refractivity contribution >= 4 is 60.9 Å². The highest BCUT2D eigenvalue weighted by molar-refractivity contribution is 9.12. The molecule has 1 aromatic heterocycles. The number of rotatable bonds is 4. The van der Waals surface area contributed by atoms with E-state index < -0.39 is 0 Å². The average molecular weight is 373 g/mol. The zero-order valence-electron chi connectivity index (χ0n) is 8.42. The lowest BCUT2D eigenvalue weighted by Crippen LogP contribution is -2.28. The lowest BCUT2D eigenvalue weighted by molar-refractivity contribution is 0.0803. The topological polar surface area (TPSA) is 20.3 Å². The molecule has 0 fully saturated rings. The van der Waals surface area contributed by atoms with Crippen molar-refractivity contribution in [2.24, 2.45) is 0 Å². The highest BCUT2D eigenvalue weighted by atomic mass is 79.9. The van der Waals surface area contributed by atoms with E-state index in [9.17, 15) is 4.79 Å². The number of thiophene rings is 1. The van der Waals surface area contributed by atoms with Crippen LogP contribution in [-0.2, 0) is 0 Å². The summed E-state index contributed by atoms with van der Waals surface area (Å²) in [5.41, 5.74) is 0.732. The van der Waals surface area contributed by atoms with Gasteiger partial charge >= 0.3 is 0 Å². The molecular formula is C9H11Br2NOS2. The fraction of sp³-hybridized carbons (Fsp3) is 0.444. The van der Waals surface area contributed by atoms with Gasteiger partial charge in [-0.2, -0.15) is 11.8 Å². The van der Waals surface area contributed by atoms with Crippen LogP contribution in [0.15, 0.2) is 13.6 Å². The van der Waals surface area contributed by atoms with Crippen molar-refractivity contribution in [2.45, 2.75) is 0 Å². The number of thioether (sulfide) groups is 1. The predicted molar refractivity (Wildman–Crippen MR) is 75.1 cm³/mol. The second kappa shape index (κ2) is 6.27. The molecular weight excluding hydrogens is 362 g/mol. The Balaban J connectivity index is 2.71. The molecule has 0 radical (unpaired) electrons. The van der Waals surface area contributed by atoms with Gasteiger partial charge in [0.2, 0.25) is 0 Å². The lowest BCUT2D eigenvalue weighted by Gasteiger charge is -2.15.